The Hall–Kier alpha value is -2.55. The normalized spacial score (nSPS) is 11.9. The molecular formula is C20H24BrNO7. The van der Waals surface area contributed by atoms with E-state index in [0.717, 1.165) is 4.57 Å². The van der Waals surface area contributed by atoms with E-state index >= 15 is 0 Å². The fraction of sp³-hybridized carbons (Fsp3) is 0.450. The predicted molar refractivity (Wildman–Crippen MR) is 109 cm³/mol. The molecule has 2 rings (SSSR count). The number of nitrogens with zero attached hydrogens (tertiary/aromatic N) is 1. The lowest BCUT2D eigenvalue weighted by Gasteiger charge is -2.21. The van der Waals surface area contributed by atoms with Crippen LogP contribution in [0, 0.1) is 0 Å². The lowest BCUT2D eigenvalue weighted by atomic mass is 10.1. The molecule has 9 heteroatoms. The highest BCUT2D eigenvalue weighted by Crippen LogP contribution is 2.33. The van der Waals surface area contributed by atoms with Crippen LogP contribution in [0.1, 0.15) is 51.9 Å². The Kier molecular flexibility index (Phi) is 6.32. The fourth-order valence-electron chi connectivity index (χ4n) is 2.45. The lowest BCUT2D eigenvalue weighted by Crippen LogP contribution is -2.29. The van der Waals surface area contributed by atoms with Crippen molar-refractivity contribution in [2.45, 2.75) is 52.7 Å². The Bertz CT molecular complexity index is 964. The second kappa shape index (κ2) is 8.06. The van der Waals surface area contributed by atoms with Crippen molar-refractivity contribution >= 4 is 45.1 Å². The maximum absolute atomic E-state index is 12.9. The summed E-state index contributed by atoms with van der Waals surface area (Å²) in [5.74, 6) is -0.756. The van der Waals surface area contributed by atoms with Gasteiger partial charge in [-0.1, -0.05) is 15.9 Å². The minimum absolute atomic E-state index is 0.147. The van der Waals surface area contributed by atoms with E-state index in [1.54, 1.807) is 53.7 Å². The van der Waals surface area contributed by atoms with E-state index in [-0.39, 0.29) is 11.4 Å². The Balaban J connectivity index is 2.67. The molecule has 1 aromatic carbocycles. The van der Waals surface area contributed by atoms with Crippen LogP contribution in [0.25, 0.3) is 10.9 Å². The minimum atomic E-state index is -0.996. The van der Waals surface area contributed by atoms with Crippen LogP contribution in [-0.4, -0.2) is 41.1 Å². The first-order valence-corrected chi connectivity index (χ1v) is 9.58. The molecular weight excluding hydrogens is 446 g/mol. The number of aromatic nitrogens is 1. The van der Waals surface area contributed by atoms with Gasteiger partial charge >= 0.3 is 18.2 Å². The molecule has 0 amide bonds. The zero-order valence-electron chi connectivity index (χ0n) is 17.4. The first-order valence-electron chi connectivity index (χ1n) is 8.79. The van der Waals surface area contributed by atoms with E-state index in [4.69, 9.17) is 18.9 Å². The number of carbonyl (C=O) groups is 3. The summed E-state index contributed by atoms with van der Waals surface area (Å²) in [6.07, 6.45) is -1.77. The molecule has 0 spiro atoms. The summed E-state index contributed by atoms with van der Waals surface area (Å²) in [5.41, 5.74) is -1.10. The predicted octanol–water partition coefficient (Wildman–Crippen LogP) is 5.29. The molecule has 0 aliphatic carbocycles. The Morgan fingerprint density at radius 2 is 1.52 bits per heavy atom. The van der Waals surface area contributed by atoms with Gasteiger partial charge in [0.25, 0.3) is 0 Å². The molecule has 0 radical (unpaired) electrons. The highest BCUT2D eigenvalue weighted by atomic mass is 79.9. The number of carbonyl (C=O) groups excluding carboxylic acids is 3. The minimum Gasteiger partial charge on any atom is -0.465 e. The number of methoxy groups -OCH3 is 1. The maximum Gasteiger partial charge on any atom is 0.515 e. The molecule has 29 heavy (non-hydrogen) atoms. The van der Waals surface area contributed by atoms with Crippen molar-refractivity contribution in [1.29, 1.82) is 0 Å². The van der Waals surface area contributed by atoms with Crippen LogP contribution >= 0.6 is 15.9 Å². The van der Waals surface area contributed by atoms with E-state index in [0.29, 0.717) is 15.4 Å². The molecule has 1 heterocycles. The SMILES string of the molecule is COC(=O)c1cc(Br)cc2c1cc(OC(=O)OC(C)(C)C)n2C(=O)OC(C)(C)C. The van der Waals surface area contributed by atoms with Gasteiger partial charge in [-0.05, 0) is 53.7 Å². The van der Waals surface area contributed by atoms with Crippen molar-refractivity contribution in [2.24, 2.45) is 0 Å². The van der Waals surface area contributed by atoms with Crippen molar-refractivity contribution < 1.29 is 33.3 Å². The number of fused-ring (bicyclic) bond motifs is 1. The maximum atomic E-state index is 12.9. The summed E-state index contributed by atoms with van der Waals surface area (Å²) in [7, 11) is 1.25. The van der Waals surface area contributed by atoms with Crippen molar-refractivity contribution in [2.75, 3.05) is 7.11 Å². The molecule has 0 bridgehead atoms. The highest BCUT2D eigenvalue weighted by molar-refractivity contribution is 9.10. The lowest BCUT2D eigenvalue weighted by molar-refractivity contribution is 0.0184. The number of halogens is 1. The first-order chi connectivity index (χ1) is 13.2. The molecule has 0 aliphatic rings. The number of esters is 1. The number of rotatable bonds is 2. The molecule has 8 nitrogen and oxygen atoms in total. The van der Waals surface area contributed by atoms with Crippen LogP contribution in [0.15, 0.2) is 22.7 Å². The standard InChI is InChI=1S/C20H24BrNO7/c1-19(2,3)28-17(24)22-14-9-11(21)8-13(16(23)26-7)12(14)10-15(22)27-18(25)29-20(4,5)6/h8-10H,1-7H3. The van der Waals surface area contributed by atoms with E-state index in [1.807, 2.05) is 0 Å². The molecule has 0 fully saturated rings. The quantitative estimate of drug-likeness (QED) is 0.435. The van der Waals surface area contributed by atoms with Gasteiger partial charge in [0.05, 0.1) is 18.2 Å². The van der Waals surface area contributed by atoms with Crippen molar-refractivity contribution in [3.63, 3.8) is 0 Å². The van der Waals surface area contributed by atoms with Crippen LogP contribution in [0.2, 0.25) is 0 Å². The van der Waals surface area contributed by atoms with Gasteiger partial charge in [0.2, 0.25) is 5.88 Å². The largest absolute Gasteiger partial charge is 0.515 e. The molecule has 0 aliphatic heterocycles. The average Bonchev–Trinajstić information content (AvgIpc) is 2.87. The van der Waals surface area contributed by atoms with Gasteiger partial charge in [-0.3, -0.25) is 0 Å². The van der Waals surface area contributed by atoms with Gasteiger partial charge in [-0.15, -0.1) is 0 Å². The fourth-order valence-corrected chi connectivity index (χ4v) is 2.90. The molecule has 1 aromatic heterocycles. The third-order valence-electron chi connectivity index (χ3n) is 3.41. The third-order valence-corrected chi connectivity index (χ3v) is 3.87. The van der Waals surface area contributed by atoms with E-state index < -0.39 is 29.4 Å². The van der Waals surface area contributed by atoms with E-state index in [2.05, 4.69) is 15.9 Å². The Morgan fingerprint density at radius 1 is 0.931 bits per heavy atom. The van der Waals surface area contributed by atoms with Gasteiger partial charge in [0, 0.05) is 15.9 Å². The van der Waals surface area contributed by atoms with Gasteiger partial charge in [0.15, 0.2) is 0 Å². The number of hydrogen-bond donors (Lipinski definition) is 0. The zero-order chi connectivity index (χ0) is 22.1. The summed E-state index contributed by atoms with van der Waals surface area (Å²) in [6, 6.07) is 4.54. The second-order valence-corrected chi connectivity index (χ2v) is 9.16. The molecule has 0 N–H and O–H groups in total. The van der Waals surface area contributed by atoms with Crippen molar-refractivity contribution in [1.82, 2.24) is 4.57 Å². The zero-order valence-corrected chi connectivity index (χ0v) is 19.0. The third kappa shape index (κ3) is 5.72. The molecule has 0 saturated carbocycles. The van der Waals surface area contributed by atoms with Gasteiger partial charge < -0.3 is 18.9 Å². The molecule has 158 valence electrons. The van der Waals surface area contributed by atoms with Crippen molar-refractivity contribution in [3.8, 4) is 5.88 Å². The Labute approximate surface area is 177 Å². The molecule has 0 atom stereocenters. The summed E-state index contributed by atoms with van der Waals surface area (Å²) < 4.78 is 22.3. The second-order valence-electron chi connectivity index (χ2n) is 8.24. The Morgan fingerprint density at radius 3 is 2.03 bits per heavy atom. The number of benzene rings is 1. The molecule has 2 aromatic rings. The van der Waals surface area contributed by atoms with Gasteiger partial charge in [0.1, 0.15) is 11.2 Å². The summed E-state index contributed by atoms with van der Waals surface area (Å²) in [4.78, 5) is 37.3. The van der Waals surface area contributed by atoms with Crippen LogP contribution in [-0.2, 0) is 14.2 Å². The number of ether oxygens (including phenoxy) is 4. The number of hydrogen-bond acceptors (Lipinski definition) is 7. The van der Waals surface area contributed by atoms with Gasteiger partial charge in [-0.25, -0.2) is 19.0 Å². The topological polar surface area (TPSA) is 93.1 Å². The van der Waals surface area contributed by atoms with Gasteiger partial charge in [-0.2, -0.15) is 0 Å². The van der Waals surface area contributed by atoms with E-state index in [9.17, 15) is 14.4 Å². The molecule has 0 saturated heterocycles. The van der Waals surface area contributed by atoms with Crippen LogP contribution in [0.5, 0.6) is 5.88 Å². The summed E-state index contributed by atoms with van der Waals surface area (Å²) in [6.45, 7) is 10.2. The van der Waals surface area contributed by atoms with E-state index in [1.165, 1.54) is 13.2 Å². The van der Waals surface area contributed by atoms with Crippen LogP contribution in [0.4, 0.5) is 9.59 Å². The van der Waals surface area contributed by atoms with Crippen LogP contribution in [0.3, 0.4) is 0 Å². The summed E-state index contributed by atoms with van der Waals surface area (Å²) >= 11 is 3.32. The monoisotopic (exact) mass is 469 g/mol. The van der Waals surface area contributed by atoms with Crippen molar-refractivity contribution in [3.05, 3.63) is 28.2 Å². The summed E-state index contributed by atoms with van der Waals surface area (Å²) in [5, 5.41) is 0.351. The smallest absolute Gasteiger partial charge is 0.465 e. The highest BCUT2D eigenvalue weighted by Gasteiger charge is 2.28. The molecule has 0 unspecified atom stereocenters. The average molecular weight is 470 g/mol. The first kappa shape index (κ1) is 22.7. The van der Waals surface area contributed by atoms with Crippen LogP contribution < -0.4 is 4.74 Å².